The van der Waals surface area contributed by atoms with Gasteiger partial charge in [-0.25, -0.2) is 8.42 Å². The summed E-state index contributed by atoms with van der Waals surface area (Å²) in [6.07, 6.45) is -0.439. The molecular weight excluding hydrogens is 463 g/mol. The smallest absolute Gasteiger partial charge is 0.264 e. The first-order chi connectivity index (χ1) is 14.2. The number of hydrogen-bond acceptors (Lipinski definition) is 6. The Bertz CT molecular complexity index is 1080. The molecule has 168 valence electrons. The van der Waals surface area contributed by atoms with Gasteiger partial charge in [0.05, 0.1) is 23.7 Å². The number of halogens is 2. The Morgan fingerprint density at radius 1 is 1.19 bits per heavy atom. The molecule has 1 saturated heterocycles. The number of amides is 1. The van der Waals surface area contributed by atoms with Crippen LogP contribution in [0.3, 0.4) is 0 Å². The Kier molecular flexibility index (Phi) is 6.90. The third-order valence-electron chi connectivity index (χ3n) is 5.30. The summed E-state index contributed by atoms with van der Waals surface area (Å²) < 4.78 is 34.3. The molecule has 1 amide bonds. The molecule has 2 aromatic rings. The number of sulfonamides is 1. The van der Waals surface area contributed by atoms with Crippen molar-refractivity contribution < 1.29 is 17.9 Å². The zero-order valence-electron chi connectivity index (χ0n) is 16.9. The van der Waals surface area contributed by atoms with E-state index in [0.29, 0.717) is 41.8 Å². The summed E-state index contributed by atoms with van der Waals surface area (Å²) in [7, 11) is -2.11. The molecule has 2 N–H and O–H groups in total. The van der Waals surface area contributed by atoms with Gasteiger partial charge in [0, 0.05) is 37.4 Å². The number of nitrogens with two attached hydrogens (primary N) is 1. The van der Waals surface area contributed by atoms with E-state index < -0.39 is 16.1 Å². The molecule has 2 aliphatic rings. The van der Waals surface area contributed by atoms with Gasteiger partial charge in [-0.2, -0.15) is 0 Å². The summed E-state index contributed by atoms with van der Waals surface area (Å²) in [5, 5.41) is 0.338. The van der Waals surface area contributed by atoms with Crippen molar-refractivity contribution in [1.29, 1.82) is 0 Å². The number of fused-ring (bicyclic) bond motifs is 1. The van der Waals surface area contributed by atoms with Gasteiger partial charge in [-0.05, 0) is 36.4 Å². The lowest BCUT2D eigenvalue weighted by atomic mass is 10.2. The van der Waals surface area contributed by atoms with Gasteiger partial charge in [0.25, 0.3) is 10.0 Å². The maximum Gasteiger partial charge on any atom is 0.264 e. The Labute approximate surface area is 193 Å². The van der Waals surface area contributed by atoms with Crippen LogP contribution >= 0.6 is 24.0 Å². The largest absolute Gasteiger partial charge is 0.485 e. The SMILES string of the molecule is CN1CCN(C[C@H]2CN(S(=O)(=O)c3cccc(Cl)c3)c3cc(N)ccc3O2)CC1=O.Cl. The summed E-state index contributed by atoms with van der Waals surface area (Å²) >= 11 is 6.03. The molecule has 11 heteroatoms. The number of piperazine rings is 1. The minimum atomic E-state index is -3.89. The summed E-state index contributed by atoms with van der Waals surface area (Å²) in [5.74, 6) is 0.472. The molecular formula is C20H24Cl2N4O4S. The van der Waals surface area contributed by atoms with Gasteiger partial charge in [0.2, 0.25) is 5.91 Å². The Hall–Kier alpha value is -2.20. The molecule has 0 aliphatic carbocycles. The van der Waals surface area contributed by atoms with Crippen LogP contribution in [0, 0.1) is 0 Å². The van der Waals surface area contributed by atoms with Crippen LogP contribution in [-0.4, -0.2) is 70.0 Å². The predicted octanol–water partition coefficient (Wildman–Crippen LogP) is 2.07. The van der Waals surface area contributed by atoms with Crippen LogP contribution in [0.5, 0.6) is 5.75 Å². The monoisotopic (exact) mass is 486 g/mol. The van der Waals surface area contributed by atoms with Crippen LogP contribution < -0.4 is 14.8 Å². The lowest BCUT2D eigenvalue weighted by molar-refractivity contribution is -0.134. The Morgan fingerprint density at radius 3 is 2.68 bits per heavy atom. The molecule has 2 aliphatic heterocycles. The lowest BCUT2D eigenvalue weighted by Gasteiger charge is -2.39. The Morgan fingerprint density at radius 2 is 1.97 bits per heavy atom. The van der Waals surface area contributed by atoms with Crippen molar-refractivity contribution in [3.63, 3.8) is 0 Å². The van der Waals surface area contributed by atoms with Crippen molar-refractivity contribution >= 4 is 51.3 Å². The minimum absolute atomic E-state index is 0. The van der Waals surface area contributed by atoms with Crippen molar-refractivity contribution in [3.8, 4) is 5.75 Å². The molecule has 1 fully saturated rings. The number of rotatable bonds is 4. The number of hydrogen-bond donors (Lipinski definition) is 1. The quantitative estimate of drug-likeness (QED) is 0.664. The third kappa shape index (κ3) is 4.85. The third-order valence-corrected chi connectivity index (χ3v) is 7.31. The van der Waals surface area contributed by atoms with E-state index in [9.17, 15) is 13.2 Å². The standard InChI is InChI=1S/C20H23ClN4O4S.ClH/c1-23-7-8-24(13-20(23)26)11-16-12-25(18-10-15(22)5-6-19(18)29-16)30(27,28)17-4-2-3-14(21)9-17;/h2-6,9-10,16H,7-8,11-13,22H2,1H3;1H/t16-;/m0./s1. The number of nitrogen functional groups attached to an aromatic ring is 1. The first-order valence-electron chi connectivity index (χ1n) is 9.55. The van der Waals surface area contributed by atoms with Crippen molar-refractivity contribution in [1.82, 2.24) is 9.80 Å². The van der Waals surface area contributed by atoms with E-state index in [2.05, 4.69) is 0 Å². The predicted molar refractivity (Wildman–Crippen MR) is 123 cm³/mol. The van der Waals surface area contributed by atoms with Gasteiger partial charge in [0.1, 0.15) is 11.9 Å². The molecule has 2 heterocycles. The maximum atomic E-state index is 13.4. The fourth-order valence-corrected chi connectivity index (χ4v) is 5.46. The van der Waals surface area contributed by atoms with Crippen LogP contribution in [0.25, 0.3) is 0 Å². The number of benzene rings is 2. The normalized spacial score (nSPS) is 19.4. The van der Waals surface area contributed by atoms with E-state index in [-0.39, 0.29) is 36.3 Å². The molecule has 2 aromatic carbocycles. The van der Waals surface area contributed by atoms with E-state index in [1.807, 2.05) is 4.90 Å². The van der Waals surface area contributed by atoms with Crippen molar-refractivity contribution in [2.45, 2.75) is 11.0 Å². The summed E-state index contributed by atoms with van der Waals surface area (Å²) in [6.45, 7) is 2.16. The molecule has 31 heavy (non-hydrogen) atoms. The molecule has 8 nitrogen and oxygen atoms in total. The average Bonchev–Trinajstić information content (AvgIpc) is 2.70. The summed E-state index contributed by atoms with van der Waals surface area (Å²) in [4.78, 5) is 15.8. The Balaban J connectivity index is 0.00000272. The van der Waals surface area contributed by atoms with E-state index in [1.54, 1.807) is 42.3 Å². The average molecular weight is 487 g/mol. The molecule has 1 atom stereocenters. The molecule has 0 bridgehead atoms. The van der Waals surface area contributed by atoms with Crippen LogP contribution in [0.1, 0.15) is 0 Å². The second-order valence-corrected chi connectivity index (χ2v) is 9.81. The van der Waals surface area contributed by atoms with Gasteiger partial charge >= 0.3 is 0 Å². The molecule has 0 radical (unpaired) electrons. The van der Waals surface area contributed by atoms with Crippen LogP contribution in [0.15, 0.2) is 47.4 Å². The zero-order valence-corrected chi connectivity index (χ0v) is 19.3. The molecule has 0 spiro atoms. The van der Waals surface area contributed by atoms with Crippen molar-refractivity contribution in [2.24, 2.45) is 0 Å². The van der Waals surface area contributed by atoms with E-state index in [4.69, 9.17) is 22.1 Å². The summed E-state index contributed by atoms with van der Waals surface area (Å²) in [6, 6.07) is 11.1. The van der Waals surface area contributed by atoms with E-state index >= 15 is 0 Å². The summed E-state index contributed by atoms with van der Waals surface area (Å²) in [5.41, 5.74) is 6.74. The van der Waals surface area contributed by atoms with Crippen LogP contribution in [0.4, 0.5) is 11.4 Å². The van der Waals surface area contributed by atoms with Crippen molar-refractivity contribution in [2.75, 3.05) is 49.8 Å². The van der Waals surface area contributed by atoms with E-state index in [0.717, 1.165) is 0 Å². The minimum Gasteiger partial charge on any atom is -0.485 e. The maximum absolute atomic E-state index is 13.4. The fourth-order valence-electron chi connectivity index (χ4n) is 3.66. The number of ether oxygens (including phenoxy) is 1. The van der Waals surface area contributed by atoms with Gasteiger partial charge < -0.3 is 15.4 Å². The number of carbonyl (C=O) groups excluding carboxylic acids is 1. The highest BCUT2D eigenvalue weighted by molar-refractivity contribution is 7.92. The number of anilines is 2. The first-order valence-corrected chi connectivity index (χ1v) is 11.4. The van der Waals surface area contributed by atoms with E-state index in [1.165, 1.54) is 16.4 Å². The lowest BCUT2D eigenvalue weighted by Crippen LogP contribution is -2.54. The topological polar surface area (TPSA) is 96.2 Å². The highest BCUT2D eigenvalue weighted by Crippen LogP contribution is 2.38. The van der Waals surface area contributed by atoms with Crippen LogP contribution in [-0.2, 0) is 14.8 Å². The first kappa shape index (κ1) is 23.5. The van der Waals surface area contributed by atoms with Gasteiger partial charge in [-0.3, -0.25) is 14.0 Å². The van der Waals surface area contributed by atoms with Gasteiger partial charge in [0.15, 0.2) is 0 Å². The number of nitrogens with zero attached hydrogens (tertiary/aromatic N) is 3. The highest BCUT2D eigenvalue weighted by atomic mass is 35.5. The molecule has 4 rings (SSSR count). The fraction of sp³-hybridized carbons (Fsp3) is 0.350. The molecule has 0 unspecified atom stereocenters. The highest BCUT2D eigenvalue weighted by Gasteiger charge is 2.36. The van der Waals surface area contributed by atoms with Gasteiger partial charge in [-0.1, -0.05) is 17.7 Å². The van der Waals surface area contributed by atoms with Gasteiger partial charge in [-0.15, -0.1) is 12.4 Å². The molecule has 0 saturated carbocycles. The second-order valence-electron chi connectivity index (χ2n) is 7.51. The number of carbonyl (C=O) groups is 1. The van der Waals surface area contributed by atoms with Crippen LogP contribution in [0.2, 0.25) is 5.02 Å². The molecule has 0 aromatic heterocycles. The number of likely N-dealkylation sites (N-methyl/N-ethyl adjacent to an activating group) is 1. The second kappa shape index (κ2) is 9.12. The zero-order chi connectivity index (χ0) is 21.5. The van der Waals surface area contributed by atoms with Crippen molar-refractivity contribution in [3.05, 3.63) is 47.5 Å².